The number of esters is 1. The molecule has 0 saturated carbocycles. The van der Waals surface area contributed by atoms with Crippen LogP contribution in [0.15, 0.2) is 52.8 Å². The molecule has 1 atom stereocenters. The minimum atomic E-state index is -0.852. The van der Waals surface area contributed by atoms with Gasteiger partial charge in [-0.1, -0.05) is 12.1 Å². The first-order valence-corrected chi connectivity index (χ1v) is 9.59. The van der Waals surface area contributed by atoms with Gasteiger partial charge < -0.3 is 14.8 Å². The third-order valence-corrected chi connectivity index (χ3v) is 4.73. The molecular formula is C20H19N3O5S. The van der Waals surface area contributed by atoms with E-state index in [1.165, 1.54) is 34.8 Å². The highest BCUT2D eigenvalue weighted by Gasteiger charge is 2.16. The van der Waals surface area contributed by atoms with Gasteiger partial charge in [0.2, 0.25) is 5.91 Å². The second-order valence-electron chi connectivity index (χ2n) is 6.09. The molecule has 9 heteroatoms. The maximum Gasteiger partial charge on any atom is 0.328 e. The molecule has 0 saturated heterocycles. The minimum absolute atomic E-state index is 0.148. The number of methoxy groups -OCH3 is 1. The van der Waals surface area contributed by atoms with Gasteiger partial charge in [-0.25, -0.2) is 9.78 Å². The van der Waals surface area contributed by atoms with Crippen LogP contribution in [0.1, 0.15) is 18.2 Å². The number of fused-ring (bicyclic) bond motifs is 1. The van der Waals surface area contributed by atoms with Gasteiger partial charge in [0.1, 0.15) is 18.4 Å². The van der Waals surface area contributed by atoms with Crippen LogP contribution in [0.5, 0.6) is 5.75 Å². The molecule has 1 aromatic carbocycles. The number of carbonyl (C=O) groups is 2. The number of aromatic nitrogens is 2. The van der Waals surface area contributed by atoms with Crippen molar-refractivity contribution in [1.29, 1.82) is 0 Å². The molecule has 2 aromatic heterocycles. The normalized spacial score (nSPS) is 12.1. The Kier molecular flexibility index (Phi) is 6.40. The van der Waals surface area contributed by atoms with Crippen molar-refractivity contribution in [3.8, 4) is 5.75 Å². The van der Waals surface area contributed by atoms with Gasteiger partial charge in [-0.3, -0.25) is 14.0 Å². The van der Waals surface area contributed by atoms with Gasteiger partial charge in [-0.2, -0.15) is 0 Å². The number of hydrogen-bond acceptors (Lipinski definition) is 7. The zero-order chi connectivity index (χ0) is 20.8. The third kappa shape index (κ3) is 5.29. The molecule has 3 aromatic rings. The van der Waals surface area contributed by atoms with Crippen molar-refractivity contribution < 1.29 is 19.1 Å². The Morgan fingerprint density at radius 2 is 2.07 bits per heavy atom. The predicted octanol–water partition coefficient (Wildman–Crippen LogP) is 2.03. The van der Waals surface area contributed by atoms with E-state index < -0.39 is 17.9 Å². The fourth-order valence-corrected chi connectivity index (χ4v) is 3.18. The van der Waals surface area contributed by atoms with Crippen LogP contribution < -0.4 is 15.6 Å². The molecule has 150 valence electrons. The number of rotatable bonds is 7. The van der Waals surface area contributed by atoms with Gasteiger partial charge in [0, 0.05) is 23.7 Å². The maximum atomic E-state index is 12.1. The van der Waals surface area contributed by atoms with E-state index in [1.807, 2.05) is 0 Å². The molecule has 0 unspecified atom stereocenters. The quantitative estimate of drug-likeness (QED) is 0.470. The van der Waals surface area contributed by atoms with E-state index >= 15 is 0 Å². The first-order valence-electron chi connectivity index (χ1n) is 8.71. The number of carbonyl (C=O) groups excluding carboxylic acids is 2. The Morgan fingerprint density at radius 1 is 1.31 bits per heavy atom. The number of ether oxygens (including phenoxy) is 2. The molecule has 2 heterocycles. The summed E-state index contributed by atoms with van der Waals surface area (Å²) in [5, 5.41) is 4.28. The van der Waals surface area contributed by atoms with E-state index in [0.717, 1.165) is 11.3 Å². The lowest BCUT2D eigenvalue weighted by Gasteiger charge is -2.12. The Bertz CT molecular complexity index is 1100. The summed E-state index contributed by atoms with van der Waals surface area (Å²) in [6, 6.07) is 7.64. The molecule has 0 radical (unpaired) electrons. The van der Waals surface area contributed by atoms with Crippen molar-refractivity contribution in [2.24, 2.45) is 0 Å². The number of hydrogen-bond donors (Lipinski definition) is 1. The topological polar surface area (TPSA) is 99.0 Å². The van der Waals surface area contributed by atoms with E-state index in [-0.39, 0.29) is 12.2 Å². The fourth-order valence-electron chi connectivity index (χ4n) is 2.44. The van der Waals surface area contributed by atoms with Crippen LogP contribution >= 0.6 is 11.3 Å². The summed E-state index contributed by atoms with van der Waals surface area (Å²) in [6.45, 7) is 1.37. The van der Waals surface area contributed by atoms with Crippen molar-refractivity contribution in [1.82, 2.24) is 14.7 Å². The van der Waals surface area contributed by atoms with Crippen molar-refractivity contribution in [2.45, 2.75) is 19.6 Å². The Hall–Kier alpha value is -3.46. The zero-order valence-corrected chi connectivity index (χ0v) is 16.6. The minimum Gasteiger partial charge on any atom is -0.497 e. The molecule has 0 aliphatic carbocycles. The summed E-state index contributed by atoms with van der Waals surface area (Å²) >= 11 is 1.31. The average Bonchev–Trinajstić information content (AvgIpc) is 3.20. The van der Waals surface area contributed by atoms with Crippen molar-refractivity contribution in [3.05, 3.63) is 69.6 Å². The molecule has 0 aliphatic rings. The summed E-state index contributed by atoms with van der Waals surface area (Å²) < 4.78 is 11.6. The molecule has 3 rings (SSSR count). The first-order chi connectivity index (χ1) is 14.0. The molecule has 0 aliphatic heterocycles. The molecule has 8 nitrogen and oxygen atoms in total. The monoisotopic (exact) mass is 413 g/mol. The van der Waals surface area contributed by atoms with Gasteiger partial charge in [-0.15, -0.1) is 11.3 Å². The highest BCUT2D eigenvalue weighted by Crippen LogP contribution is 2.12. The Balaban J connectivity index is 1.51. The van der Waals surface area contributed by atoms with Gasteiger partial charge in [0.25, 0.3) is 5.56 Å². The lowest BCUT2D eigenvalue weighted by molar-refractivity contribution is -0.148. The largest absolute Gasteiger partial charge is 0.497 e. The number of amides is 1. The van der Waals surface area contributed by atoms with Crippen LogP contribution in [0.4, 0.5) is 0 Å². The molecule has 1 N–H and O–H groups in total. The third-order valence-electron chi connectivity index (χ3n) is 3.97. The van der Waals surface area contributed by atoms with Crippen molar-refractivity contribution in [3.63, 3.8) is 0 Å². The van der Waals surface area contributed by atoms with E-state index in [2.05, 4.69) is 10.3 Å². The molecule has 0 spiro atoms. The standard InChI is InChI=1S/C20H19N3O5S/c1-13(21-17(24)8-5-14-3-6-16(27-2)7-4-14)19(26)28-12-15-11-18(25)23-9-10-29-20(23)22-15/h3-11,13H,12H2,1-2H3,(H,21,24)/b8-5+/t13-/m0/s1. The Morgan fingerprint density at radius 3 is 2.79 bits per heavy atom. The lowest BCUT2D eigenvalue weighted by Crippen LogP contribution is -2.38. The summed E-state index contributed by atoms with van der Waals surface area (Å²) in [5.41, 5.74) is 0.925. The van der Waals surface area contributed by atoms with E-state index in [4.69, 9.17) is 9.47 Å². The van der Waals surface area contributed by atoms with Crippen LogP contribution in [0.3, 0.4) is 0 Å². The first kappa shape index (κ1) is 20.3. The second-order valence-corrected chi connectivity index (χ2v) is 6.96. The van der Waals surface area contributed by atoms with Crippen molar-refractivity contribution in [2.75, 3.05) is 7.11 Å². The number of nitrogens with one attached hydrogen (secondary N) is 1. The lowest BCUT2D eigenvalue weighted by atomic mass is 10.2. The molecule has 1 amide bonds. The predicted molar refractivity (Wildman–Crippen MR) is 109 cm³/mol. The molecular weight excluding hydrogens is 394 g/mol. The average molecular weight is 413 g/mol. The van der Waals surface area contributed by atoms with Crippen LogP contribution in [-0.2, 0) is 20.9 Å². The number of nitrogens with zero attached hydrogens (tertiary/aromatic N) is 2. The molecule has 0 fully saturated rings. The Labute approximate surface area is 170 Å². The van der Waals surface area contributed by atoms with Gasteiger partial charge in [-0.05, 0) is 30.7 Å². The number of benzene rings is 1. The van der Waals surface area contributed by atoms with Crippen LogP contribution in [0.25, 0.3) is 11.0 Å². The van der Waals surface area contributed by atoms with E-state index in [1.54, 1.807) is 49.0 Å². The van der Waals surface area contributed by atoms with Gasteiger partial charge in [0.15, 0.2) is 4.96 Å². The zero-order valence-electron chi connectivity index (χ0n) is 15.8. The van der Waals surface area contributed by atoms with E-state index in [0.29, 0.717) is 10.7 Å². The van der Waals surface area contributed by atoms with Crippen LogP contribution in [-0.4, -0.2) is 34.4 Å². The van der Waals surface area contributed by atoms with E-state index in [9.17, 15) is 14.4 Å². The van der Waals surface area contributed by atoms with Crippen LogP contribution in [0.2, 0.25) is 0 Å². The van der Waals surface area contributed by atoms with Crippen molar-refractivity contribution >= 4 is 34.3 Å². The summed E-state index contributed by atoms with van der Waals surface area (Å²) in [6.07, 6.45) is 4.58. The highest BCUT2D eigenvalue weighted by molar-refractivity contribution is 7.15. The molecule has 0 bridgehead atoms. The smallest absolute Gasteiger partial charge is 0.328 e. The number of thiazole rings is 1. The summed E-state index contributed by atoms with van der Waals surface area (Å²) in [7, 11) is 1.58. The highest BCUT2D eigenvalue weighted by atomic mass is 32.1. The van der Waals surface area contributed by atoms with Crippen LogP contribution in [0, 0.1) is 0 Å². The fraction of sp³-hybridized carbons (Fsp3) is 0.200. The SMILES string of the molecule is COc1ccc(/C=C/C(=O)N[C@@H](C)C(=O)OCc2cc(=O)n3ccsc3n2)cc1. The molecule has 29 heavy (non-hydrogen) atoms. The second kappa shape index (κ2) is 9.16. The maximum absolute atomic E-state index is 12.1. The summed E-state index contributed by atoms with van der Waals surface area (Å²) in [5.74, 6) is -0.329. The van der Waals surface area contributed by atoms with Gasteiger partial charge >= 0.3 is 5.97 Å². The summed E-state index contributed by atoms with van der Waals surface area (Å²) in [4.78, 5) is 40.8. The van der Waals surface area contributed by atoms with Gasteiger partial charge in [0.05, 0.1) is 12.8 Å².